The Hall–Kier alpha value is -1.10. The van der Waals surface area contributed by atoms with E-state index in [4.69, 9.17) is 4.74 Å². The monoisotopic (exact) mass is 317 g/mol. The van der Waals surface area contributed by atoms with E-state index in [0.717, 1.165) is 38.4 Å². The number of hydrogen-bond donors (Lipinski definition) is 1. The second-order valence-electron chi connectivity index (χ2n) is 6.73. The molecular weight excluding hydrogens is 286 g/mol. The predicted molar refractivity (Wildman–Crippen MR) is 95.1 cm³/mol. The smallest absolute Gasteiger partial charge is 0.119 e. The van der Waals surface area contributed by atoms with Crippen LogP contribution in [0.15, 0.2) is 24.3 Å². The molecule has 0 amide bonds. The minimum atomic E-state index is 0.524. The molecule has 1 atom stereocenters. The summed E-state index contributed by atoms with van der Waals surface area (Å²) in [5.41, 5.74) is 1.44. The molecular formula is C19H31N3O. The number of ether oxygens (including phenoxy) is 1. The van der Waals surface area contributed by atoms with Gasteiger partial charge in [0.15, 0.2) is 0 Å². The zero-order valence-electron chi connectivity index (χ0n) is 14.5. The first-order chi connectivity index (χ1) is 11.4. The maximum atomic E-state index is 5.73. The van der Waals surface area contributed by atoms with Crippen LogP contribution < -0.4 is 10.1 Å². The van der Waals surface area contributed by atoms with Crippen molar-refractivity contribution in [2.45, 2.75) is 32.2 Å². The van der Waals surface area contributed by atoms with E-state index in [-0.39, 0.29) is 0 Å². The second kappa shape index (κ2) is 8.67. The second-order valence-corrected chi connectivity index (χ2v) is 6.73. The molecule has 1 unspecified atom stereocenters. The van der Waals surface area contributed by atoms with Gasteiger partial charge >= 0.3 is 0 Å². The quantitative estimate of drug-likeness (QED) is 0.836. The van der Waals surface area contributed by atoms with Crippen LogP contribution in [0.1, 0.15) is 37.8 Å². The van der Waals surface area contributed by atoms with Gasteiger partial charge in [-0.25, -0.2) is 0 Å². The fourth-order valence-electron chi connectivity index (χ4n) is 3.63. The molecule has 3 rings (SSSR count). The SMILES string of the molecule is CCCOc1ccc(C(CN2CCNCC2)N2CCCC2)cc1. The van der Waals surface area contributed by atoms with E-state index >= 15 is 0 Å². The summed E-state index contributed by atoms with van der Waals surface area (Å²) in [6, 6.07) is 9.36. The van der Waals surface area contributed by atoms with Gasteiger partial charge in [0.2, 0.25) is 0 Å². The average molecular weight is 317 g/mol. The molecule has 2 aliphatic rings. The predicted octanol–water partition coefficient (Wildman–Crippen LogP) is 2.52. The van der Waals surface area contributed by atoms with Crippen LogP contribution in [0.2, 0.25) is 0 Å². The van der Waals surface area contributed by atoms with Crippen molar-refractivity contribution in [3.63, 3.8) is 0 Å². The van der Waals surface area contributed by atoms with Crippen LogP contribution in [0.3, 0.4) is 0 Å². The molecule has 4 nitrogen and oxygen atoms in total. The first-order valence-electron chi connectivity index (χ1n) is 9.26. The lowest BCUT2D eigenvalue weighted by Gasteiger charge is -2.35. The first-order valence-corrected chi connectivity index (χ1v) is 9.26. The van der Waals surface area contributed by atoms with Crippen LogP contribution in [0.25, 0.3) is 0 Å². The van der Waals surface area contributed by atoms with E-state index in [9.17, 15) is 0 Å². The highest BCUT2D eigenvalue weighted by Gasteiger charge is 2.26. The summed E-state index contributed by atoms with van der Waals surface area (Å²) in [5.74, 6) is 0.998. The number of nitrogens with one attached hydrogen (secondary N) is 1. The molecule has 0 spiro atoms. The van der Waals surface area contributed by atoms with Gasteiger partial charge in [-0.3, -0.25) is 9.80 Å². The molecule has 128 valence electrons. The van der Waals surface area contributed by atoms with Crippen molar-refractivity contribution in [2.75, 3.05) is 52.4 Å². The Labute approximate surface area is 140 Å². The number of rotatable bonds is 7. The van der Waals surface area contributed by atoms with Gasteiger partial charge < -0.3 is 10.1 Å². The Bertz CT molecular complexity index is 450. The Morgan fingerprint density at radius 1 is 1.04 bits per heavy atom. The third-order valence-electron chi connectivity index (χ3n) is 4.96. The topological polar surface area (TPSA) is 27.7 Å². The summed E-state index contributed by atoms with van der Waals surface area (Å²) >= 11 is 0. The Morgan fingerprint density at radius 3 is 2.39 bits per heavy atom. The molecule has 0 aliphatic carbocycles. The third kappa shape index (κ3) is 4.69. The minimum absolute atomic E-state index is 0.524. The highest BCUT2D eigenvalue weighted by atomic mass is 16.5. The molecule has 0 aromatic heterocycles. The van der Waals surface area contributed by atoms with Crippen molar-refractivity contribution in [3.05, 3.63) is 29.8 Å². The molecule has 2 aliphatic heterocycles. The lowest BCUT2D eigenvalue weighted by Crippen LogP contribution is -2.47. The summed E-state index contributed by atoms with van der Waals surface area (Å²) in [6.45, 7) is 11.2. The van der Waals surface area contributed by atoms with Crippen LogP contribution in [0, 0.1) is 0 Å². The van der Waals surface area contributed by atoms with Gasteiger partial charge in [-0.05, 0) is 50.0 Å². The molecule has 2 fully saturated rings. The Kier molecular flexibility index (Phi) is 6.31. The molecule has 4 heteroatoms. The average Bonchev–Trinajstić information content (AvgIpc) is 3.14. The lowest BCUT2D eigenvalue weighted by molar-refractivity contribution is 0.149. The van der Waals surface area contributed by atoms with E-state index in [2.05, 4.69) is 46.3 Å². The van der Waals surface area contributed by atoms with Crippen molar-refractivity contribution < 1.29 is 4.74 Å². The molecule has 23 heavy (non-hydrogen) atoms. The van der Waals surface area contributed by atoms with Crippen molar-refractivity contribution in [3.8, 4) is 5.75 Å². The fraction of sp³-hybridized carbons (Fsp3) is 0.684. The number of benzene rings is 1. The highest BCUT2D eigenvalue weighted by Crippen LogP contribution is 2.27. The van der Waals surface area contributed by atoms with E-state index in [1.165, 1.54) is 44.6 Å². The Morgan fingerprint density at radius 2 is 1.74 bits per heavy atom. The third-order valence-corrected chi connectivity index (χ3v) is 4.96. The van der Waals surface area contributed by atoms with Crippen molar-refractivity contribution in [1.29, 1.82) is 0 Å². The summed E-state index contributed by atoms with van der Waals surface area (Å²) in [7, 11) is 0. The molecule has 0 radical (unpaired) electrons. The van der Waals surface area contributed by atoms with E-state index in [0.29, 0.717) is 6.04 Å². The van der Waals surface area contributed by atoms with Gasteiger partial charge in [0.1, 0.15) is 5.75 Å². The van der Waals surface area contributed by atoms with Gasteiger partial charge in [0.25, 0.3) is 0 Å². The lowest BCUT2D eigenvalue weighted by atomic mass is 10.0. The van der Waals surface area contributed by atoms with Crippen LogP contribution in [-0.4, -0.2) is 62.2 Å². The summed E-state index contributed by atoms with van der Waals surface area (Å²) in [6.07, 6.45) is 3.74. The van der Waals surface area contributed by atoms with E-state index < -0.39 is 0 Å². The standard InChI is InChI=1S/C19H31N3O/c1-2-15-23-18-7-5-17(6-8-18)19(22-11-3-4-12-22)16-21-13-9-20-10-14-21/h5-8,19-20H,2-4,9-16H2,1H3. The van der Waals surface area contributed by atoms with Gasteiger partial charge in [-0.1, -0.05) is 19.1 Å². The normalized spacial score (nSPS) is 21.4. The van der Waals surface area contributed by atoms with Gasteiger partial charge in [-0.2, -0.15) is 0 Å². The van der Waals surface area contributed by atoms with Crippen LogP contribution in [0.5, 0.6) is 5.75 Å². The fourth-order valence-corrected chi connectivity index (χ4v) is 3.63. The molecule has 2 saturated heterocycles. The summed E-state index contributed by atoms with van der Waals surface area (Å²) in [4.78, 5) is 5.28. The van der Waals surface area contributed by atoms with Crippen molar-refractivity contribution in [2.24, 2.45) is 0 Å². The largest absolute Gasteiger partial charge is 0.494 e. The number of piperazine rings is 1. The molecule has 0 bridgehead atoms. The van der Waals surface area contributed by atoms with Crippen LogP contribution in [0.4, 0.5) is 0 Å². The molecule has 2 heterocycles. The number of hydrogen-bond acceptors (Lipinski definition) is 4. The maximum absolute atomic E-state index is 5.73. The van der Waals surface area contributed by atoms with Gasteiger partial charge in [0.05, 0.1) is 6.61 Å². The Balaban J connectivity index is 1.68. The number of likely N-dealkylation sites (tertiary alicyclic amines) is 1. The summed E-state index contributed by atoms with van der Waals surface area (Å²) < 4.78 is 5.73. The van der Waals surface area contributed by atoms with Crippen molar-refractivity contribution >= 4 is 0 Å². The maximum Gasteiger partial charge on any atom is 0.119 e. The highest BCUT2D eigenvalue weighted by molar-refractivity contribution is 5.29. The first kappa shape index (κ1) is 16.7. The van der Waals surface area contributed by atoms with Crippen molar-refractivity contribution in [1.82, 2.24) is 15.1 Å². The van der Waals surface area contributed by atoms with Gasteiger partial charge in [-0.15, -0.1) is 0 Å². The molecule has 1 N–H and O–H groups in total. The summed E-state index contributed by atoms with van der Waals surface area (Å²) in [5, 5.41) is 3.45. The molecule has 1 aromatic carbocycles. The molecule has 1 aromatic rings. The van der Waals surface area contributed by atoms with E-state index in [1.807, 2.05) is 0 Å². The minimum Gasteiger partial charge on any atom is -0.494 e. The number of nitrogens with zero attached hydrogens (tertiary/aromatic N) is 2. The van der Waals surface area contributed by atoms with E-state index in [1.54, 1.807) is 0 Å². The zero-order valence-corrected chi connectivity index (χ0v) is 14.5. The van der Waals surface area contributed by atoms with Crippen LogP contribution >= 0.6 is 0 Å². The van der Waals surface area contributed by atoms with Crippen LogP contribution in [-0.2, 0) is 0 Å². The zero-order chi connectivity index (χ0) is 15.9. The van der Waals surface area contributed by atoms with Gasteiger partial charge in [0, 0.05) is 38.8 Å². The molecule has 0 saturated carbocycles.